The van der Waals surface area contributed by atoms with Crippen molar-refractivity contribution in [1.82, 2.24) is 14.9 Å². The molecule has 2 aromatic rings. The zero-order valence-corrected chi connectivity index (χ0v) is 19.2. The lowest BCUT2D eigenvalue weighted by Gasteiger charge is -2.43. The number of halogens is 1. The monoisotopic (exact) mass is 457 g/mol. The lowest BCUT2D eigenvalue weighted by Crippen LogP contribution is -2.57. The number of amides is 1. The minimum atomic E-state index is -0.432. The van der Waals surface area contributed by atoms with E-state index >= 15 is 4.39 Å². The summed E-state index contributed by atoms with van der Waals surface area (Å²) in [5, 5.41) is 10.0. The van der Waals surface area contributed by atoms with Crippen LogP contribution in [0.4, 0.5) is 10.2 Å². The summed E-state index contributed by atoms with van der Waals surface area (Å²) < 4.78 is 15.2. The number of hydrogen-bond donors (Lipinski definition) is 0. The maximum Gasteiger partial charge on any atom is 0.226 e. The van der Waals surface area contributed by atoms with Crippen molar-refractivity contribution in [2.45, 2.75) is 50.5 Å². The van der Waals surface area contributed by atoms with Crippen LogP contribution >= 0.6 is 0 Å². The minimum Gasteiger partial charge on any atom is -0.352 e. The first-order valence-corrected chi connectivity index (χ1v) is 12.4. The smallest absolute Gasteiger partial charge is 0.226 e. The van der Waals surface area contributed by atoms with Crippen LogP contribution in [0, 0.1) is 29.0 Å². The Bertz CT molecular complexity index is 1210. The zero-order chi connectivity index (χ0) is 23.4. The fourth-order valence-electron chi connectivity index (χ4n) is 5.26. The molecule has 0 spiro atoms. The predicted molar refractivity (Wildman–Crippen MR) is 127 cm³/mol. The summed E-state index contributed by atoms with van der Waals surface area (Å²) in [7, 11) is 0. The lowest BCUT2D eigenvalue weighted by molar-refractivity contribution is -0.135. The van der Waals surface area contributed by atoms with Crippen molar-refractivity contribution in [2.75, 3.05) is 24.5 Å². The van der Waals surface area contributed by atoms with Crippen LogP contribution in [0.5, 0.6) is 0 Å². The molecule has 1 amide bonds. The zero-order valence-electron chi connectivity index (χ0n) is 19.2. The molecule has 6 nitrogen and oxygen atoms in total. The molecule has 1 saturated heterocycles. The van der Waals surface area contributed by atoms with E-state index in [0.717, 1.165) is 44.2 Å². The second kappa shape index (κ2) is 8.19. The Labute approximate surface area is 199 Å². The van der Waals surface area contributed by atoms with Gasteiger partial charge in [-0.25, -0.2) is 9.37 Å². The number of hydrogen-bond acceptors (Lipinski definition) is 5. The van der Waals surface area contributed by atoms with Crippen molar-refractivity contribution < 1.29 is 9.18 Å². The summed E-state index contributed by atoms with van der Waals surface area (Å²) in [6.07, 6.45) is 9.35. The number of anilines is 1. The van der Waals surface area contributed by atoms with Gasteiger partial charge in [0, 0.05) is 48.8 Å². The van der Waals surface area contributed by atoms with Gasteiger partial charge in [0.25, 0.3) is 0 Å². The van der Waals surface area contributed by atoms with Crippen LogP contribution in [-0.4, -0.2) is 46.5 Å². The topological polar surface area (TPSA) is 73.1 Å². The highest BCUT2D eigenvalue weighted by Crippen LogP contribution is 2.46. The van der Waals surface area contributed by atoms with Crippen molar-refractivity contribution >= 4 is 17.8 Å². The second-order valence-electron chi connectivity index (χ2n) is 10.1. The van der Waals surface area contributed by atoms with Gasteiger partial charge >= 0.3 is 0 Å². The Morgan fingerprint density at radius 2 is 1.97 bits per heavy atom. The van der Waals surface area contributed by atoms with Gasteiger partial charge in [0.1, 0.15) is 11.9 Å². The van der Waals surface area contributed by atoms with E-state index in [1.165, 1.54) is 6.08 Å². The summed E-state index contributed by atoms with van der Waals surface area (Å²) in [4.78, 5) is 26.3. The quantitative estimate of drug-likeness (QED) is 0.638. The van der Waals surface area contributed by atoms with Crippen LogP contribution in [0.25, 0.3) is 17.2 Å². The van der Waals surface area contributed by atoms with Crippen molar-refractivity contribution in [3.8, 4) is 17.2 Å². The van der Waals surface area contributed by atoms with Crippen molar-refractivity contribution in [2.24, 2.45) is 11.8 Å². The van der Waals surface area contributed by atoms with Gasteiger partial charge in [0.2, 0.25) is 5.91 Å². The Balaban J connectivity index is 1.37. The average Bonchev–Trinajstić information content (AvgIpc) is 3.73. The summed E-state index contributed by atoms with van der Waals surface area (Å²) in [5.41, 5.74) is 2.59. The van der Waals surface area contributed by atoms with Crippen LogP contribution in [-0.2, 0) is 4.79 Å². The molecule has 3 aliphatic carbocycles. The molecule has 3 saturated carbocycles. The molecule has 4 fully saturated rings. The molecule has 0 aromatic carbocycles. The number of aromatic nitrogens is 2. The van der Waals surface area contributed by atoms with E-state index in [0.29, 0.717) is 54.0 Å². The van der Waals surface area contributed by atoms with E-state index in [9.17, 15) is 10.1 Å². The lowest BCUT2D eigenvalue weighted by atomic mass is 9.98. The molecular formula is C27H28FN5O. The molecule has 1 atom stereocenters. The Hall–Kier alpha value is -3.27. The molecule has 1 aliphatic heterocycles. The molecule has 7 heteroatoms. The van der Waals surface area contributed by atoms with Gasteiger partial charge in [-0.2, -0.15) is 5.26 Å². The van der Waals surface area contributed by atoms with Gasteiger partial charge in [-0.15, -0.1) is 0 Å². The molecule has 6 rings (SSSR count). The number of rotatable bonds is 6. The molecule has 0 bridgehead atoms. The van der Waals surface area contributed by atoms with E-state index in [-0.39, 0.29) is 23.6 Å². The summed E-state index contributed by atoms with van der Waals surface area (Å²) >= 11 is 0. The van der Waals surface area contributed by atoms with Crippen LogP contribution in [0.2, 0.25) is 0 Å². The maximum absolute atomic E-state index is 15.2. The minimum absolute atomic E-state index is 0.187. The molecule has 0 unspecified atom stereocenters. The molecule has 34 heavy (non-hydrogen) atoms. The van der Waals surface area contributed by atoms with Gasteiger partial charge in [0.15, 0.2) is 5.82 Å². The van der Waals surface area contributed by atoms with E-state index in [1.54, 1.807) is 18.3 Å². The number of carbonyl (C=O) groups excluding carboxylic acids is 1. The Kier molecular flexibility index (Phi) is 5.13. The SMILES string of the molecule is C=Cc1nccc(-c2cc(C#N)c(N3CCN(C(=O)C4CC4)[C@H](C4CC4)C3)nc2C2CC2)c1F. The molecular weight excluding hydrogens is 429 g/mol. The number of pyridine rings is 2. The largest absolute Gasteiger partial charge is 0.352 e. The average molecular weight is 458 g/mol. The summed E-state index contributed by atoms with van der Waals surface area (Å²) in [5.74, 6) is 1.59. The van der Waals surface area contributed by atoms with Crippen LogP contribution in [0.3, 0.4) is 0 Å². The van der Waals surface area contributed by atoms with Gasteiger partial charge in [0.05, 0.1) is 23.0 Å². The van der Waals surface area contributed by atoms with E-state index in [1.807, 2.05) is 0 Å². The predicted octanol–water partition coefficient (Wildman–Crippen LogP) is 4.51. The van der Waals surface area contributed by atoms with E-state index in [2.05, 4.69) is 27.4 Å². The molecule has 4 aliphatic rings. The Morgan fingerprint density at radius 1 is 1.18 bits per heavy atom. The first-order chi connectivity index (χ1) is 16.6. The van der Waals surface area contributed by atoms with Crippen molar-refractivity contribution in [3.63, 3.8) is 0 Å². The standard InChI is InChI=1S/C27H28FN5O/c1-2-22-24(28)20(9-10-30-22)21-13-19(14-29)26(31-25(21)17-5-6-17)32-11-12-33(27(34)18-7-8-18)23(15-32)16-3-4-16/h2,9-10,13,16-18,23H,1,3-8,11-12,15H2/t23-/m0/s1. The molecule has 0 radical (unpaired) electrons. The van der Waals surface area contributed by atoms with Gasteiger partial charge in [-0.05, 0) is 62.7 Å². The molecule has 174 valence electrons. The highest BCUT2D eigenvalue weighted by Gasteiger charge is 2.45. The van der Waals surface area contributed by atoms with Crippen LogP contribution in [0.1, 0.15) is 61.4 Å². The van der Waals surface area contributed by atoms with E-state index in [4.69, 9.17) is 4.98 Å². The normalized spacial score (nSPS) is 22.4. The van der Waals surface area contributed by atoms with Crippen molar-refractivity contribution in [1.29, 1.82) is 5.26 Å². The van der Waals surface area contributed by atoms with Crippen LogP contribution < -0.4 is 4.90 Å². The second-order valence-corrected chi connectivity index (χ2v) is 10.1. The molecule has 2 aromatic heterocycles. The number of nitrogens with zero attached hydrogens (tertiary/aromatic N) is 5. The van der Waals surface area contributed by atoms with Gasteiger partial charge in [-0.1, -0.05) is 6.58 Å². The van der Waals surface area contributed by atoms with Crippen molar-refractivity contribution in [3.05, 3.63) is 47.7 Å². The number of nitriles is 1. The highest BCUT2D eigenvalue weighted by atomic mass is 19.1. The van der Waals surface area contributed by atoms with E-state index < -0.39 is 5.82 Å². The first kappa shape index (κ1) is 21.3. The fourth-order valence-corrected chi connectivity index (χ4v) is 5.26. The third-order valence-electron chi connectivity index (χ3n) is 7.61. The van der Waals surface area contributed by atoms with Gasteiger partial charge < -0.3 is 9.80 Å². The molecule has 3 heterocycles. The molecule has 0 N–H and O–H groups in total. The summed E-state index contributed by atoms with van der Waals surface area (Å²) in [6, 6.07) is 5.95. The third-order valence-corrected chi connectivity index (χ3v) is 7.61. The number of carbonyl (C=O) groups is 1. The summed E-state index contributed by atoms with van der Waals surface area (Å²) in [6.45, 7) is 5.70. The van der Waals surface area contributed by atoms with Crippen LogP contribution in [0.15, 0.2) is 24.9 Å². The van der Waals surface area contributed by atoms with Gasteiger partial charge in [-0.3, -0.25) is 9.78 Å². The number of piperazine rings is 1. The Morgan fingerprint density at radius 3 is 2.62 bits per heavy atom. The third kappa shape index (κ3) is 3.75. The highest BCUT2D eigenvalue weighted by molar-refractivity contribution is 5.82. The first-order valence-electron chi connectivity index (χ1n) is 12.4. The fraction of sp³-hybridized carbons (Fsp3) is 0.481. The maximum atomic E-state index is 15.2.